The Morgan fingerprint density at radius 1 is 1.18 bits per heavy atom. The van der Waals surface area contributed by atoms with E-state index in [4.69, 9.17) is 4.74 Å². The molecule has 0 spiro atoms. The predicted octanol–water partition coefficient (Wildman–Crippen LogP) is 5.46. The summed E-state index contributed by atoms with van der Waals surface area (Å²) in [6.07, 6.45) is 6.62. The van der Waals surface area contributed by atoms with Crippen molar-refractivity contribution in [3.05, 3.63) is 82.6 Å². The van der Waals surface area contributed by atoms with Crippen LogP contribution >= 0.6 is 15.9 Å². The third kappa shape index (κ3) is 5.82. The molecule has 0 atom stereocenters. The highest BCUT2D eigenvalue weighted by atomic mass is 79.9. The molecule has 0 saturated heterocycles. The van der Waals surface area contributed by atoms with E-state index < -0.39 is 0 Å². The molecule has 0 aliphatic carbocycles. The average molecular weight is 440 g/mol. The van der Waals surface area contributed by atoms with Gasteiger partial charge in [0.05, 0.1) is 18.1 Å². The lowest BCUT2D eigenvalue weighted by Gasteiger charge is -2.05. The minimum atomic E-state index is -0.207. The van der Waals surface area contributed by atoms with Crippen LogP contribution in [0.2, 0.25) is 0 Å². The molecule has 2 aromatic carbocycles. The molecule has 5 nitrogen and oxygen atoms in total. The normalized spacial score (nSPS) is 11.1. The summed E-state index contributed by atoms with van der Waals surface area (Å²) in [6.45, 7) is 4.57. The van der Waals surface area contributed by atoms with Crippen molar-refractivity contribution in [1.82, 2.24) is 9.78 Å². The molecule has 6 heteroatoms. The molecule has 0 aliphatic rings. The van der Waals surface area contributed by atoms with Gasteiger partial charge in [-0.05, 0) is 47.4 Å². The van der Waals surface area contributed by atoms with Crippen molar-refractivity contribution < 1.29 is 9.53 Å². The highest BCUT2D eigenvalue weighted by molar-refractivity contribution is 9.10. The zero-order chi connectivity index (χ0) is 19.9. The average Bonchev–Trinajstić information content (AvgIpc) is 3.13. The first-order valence-electron chi connectivity index (χ1n) is 8.99. The number of ether oxygens (including phenoxy) is 1. The molecule has 0 aliphatic heterocycles. The van der Waals surface area contributed by atoms with Crippen LogP contribution in [0.1, 0.15) is 30.9 Å². The smallest absolute Gasteiger partial charge is 0.248 e. The molecule has 1 heterocycles. The zero-order valence-corrected chi connectivity index (χ0v) is 17.4. The number of nitrogens with zero attached hydrogens (tertiary/aromatic N) is 2. The Morgan fingerprint density at radius 3 is 2.57 bits per heavy atom. The molecule has 3 rings (SSSR count). The van der Waals surface area contributed by atoms with E-state index in [0.717, 1.165) is 15.8 Å². The largest absolute Gasteiger partial charge is 0.471 e. The maximum atomic E-state index is 12.1. The predicted molar refractivity (Wildman–Crippen MR) is 115 cm³/mol. The number of halogens is 1. The Bertz CT molecular complexity index is 945. The van der Waals surface area contributed by atoms with Gasteiger partial charge in [-0.25, -0.2) is 4.68 Å². The first kappa shape index (κ1) is 19.9. The molecule has 0 fully saturated rings. The van der Waals surface area contributed by atoms with Crippen molar-refractivity contribution in [1.29, 1.82) is 0 Å². The van der Waals surface area contributed by atoms with Gasteiger partial charge >= 0.3 is 0 Å². The second-order valence-corrected chi connectivity index (χ2v) is 7.56. The number of hydrogen-bond acceptors (Lipinski definition) is 3. The van der Waals surface area contributed by atoms with Crippen LogP contribution in [0, 0.1) is 0 Å². The second-order valence-electron chi connectivity index (χ2n) is 6.64. The number of anilines is 1. The summed E-state index contributed by atoms with van der Waals surface area (Å²) in [4.78, 5) is 12.1. The van der Waals surface area contributed by atoms with E-state index in [9.17, 15) is 4.79 Å². The minimum absolute atomic E-state index is 0.207. The Labute approximate surface area is 173 Å². The van der Waals surface area contributed by atoms with E-state index in [1.165, 1.54) is 11.6 Å². The molecule has 144 valence electrons. The molecule has 0 bridgehead atoms. The number of carbonyl (C=O) groups excluding carboxylic acids is 1. The Kier molecular flexibility index (Phi) is 6.66. The summed E-state index contributed by atoms with van der Waals surface area (Å²) < 4.78 is 8.26. The maximum Gasteiger partial charge on any atom is 0.248 e. The number of hydrogen-bond donors (Lipinski definition) is 1. The molecule has 1 N–H and O–H groups in total. The van der Waals surface area contributed by atoms with Crippen molar-refractivity contribution in [2.75, 3.05) is 5.32 Å². The number of nitrogens with one attached hydrogen (secondary N) is 1. The number of amides is 1. The van der Waals surface area contributed by atoms with Crippen LogP contribution in [0.4, 0.5) is 5.69 Å². The Hall–Kier alpha value is -2.86. The summed E-state index contributed by atoms with van der Waals surface area (Å²) in [5, 5.41) is 6.99. The Balaban J connectivity index is 1.51. The van der Waals surface area contributed by atoms with Gasteiger partial charge in [-0.1, -0.05) is 54.0 Å². The maximum absolute atomic E-state index is 12.1. The SMILES string of the molecule is CC(C)c1ccc(/C=C/C(=O)Nc2cnn(COc3ccc(Br)cc3)c2)cc1. The van der Waals surface area contributed by atoms with Crippen LogP contribution < -0.4 is 10.1 Å². The quantitative estimate of drug-likeness (QED) is 0.497. The molecule has 0 saturated carbocycles. The van der Waals surface area contributed by atoms with Crippen molar-refractivity contribution in [3.63, 3.8) is 0 Å². The fourth-order valence-electron chi connectivity index (χ4n) is 2.52. The number of aromatic nitrogens is 2. The fourth-order valence-corrected chi connectivity index (χ4v) is 2.78. The van der Waals surface area contributed by atoms with E-state index in [-0.39, 0.29) is 12.6 Å². The lowest BCUT2D eigenvalue weighted by molar-refractivity contribution is -0.111. The van der Waals surface area contributed by atoms with Crippen LogP contribution in [-0.4, -0.2) is 15.7 Å². The summed E-state index contributed by atoms with van der Waals surface area (Å²) >= 11 is 3.39. The van der Waals surface area contributed by atoms with Gasteiger partial charge in [0.25, 0.3) is 0 Å². The third-order valence-corrected chi connectivity index (χ3v) is 4.64. The van der Waals surface area contributed by atoms with Crippen LogP contribution in [-0.2, 0) is 11.5 Å². The van der Waals surface area contributed by atoms with Gasteiger partial charge in [0.2, 0.25) is 5.91 Å². The van der Waals surface area contributed by atoms with Crippen LogP contribution in [0.5, 0.6) is 5.75 Å². The molecular formula is C22H22BrN3O2. The second kappa shape index (κ2) is 9.37. The van der Waals surface area contributed by atoms with Gasteiger partial charge in [-0.3, -0.25) is 4.79 Å². The minimum Gasteiger partial charge on any atom is -0.471 e. The number of carbonyl (C=O) groups is 1. The third-order valence-electron chi connectivity index (χ3n) is 4.11. The van der Waals surface area contributed by atoms with Crippen LogP contribution in [0.15, 0.2) is 71.5 Å². The number of rotatable bonds is 7. The first-order valence-corrected chi connectivity index (χ1v) is 9.79. The summed E-state index contributed by atoms with van der Waals surface area (Å²) in [7, 11) is 0. The lowest BCUT2D eigenvalue weighted by Crippen LogP contribution is -2.08. The van der Waals surface area contributed by atoms with Gasteiger partial charge in [0, 0.05) is 10.5 Å². The Morgan fingerprint density at radius 2 is 1.89 bits per heavy atom. The van der Waals surface area contributed by atoms with Gasteiger partial charge in [-0.2, -0.15) is 5.10 Å². The van der Waals surface area contributed by atoms with Crippen molar-refractivity contribution in [2.45, 2.75) is 26.5 Å². The van der Waals surface area contributed by atoms with Crippen molar-refractivity contribution in [3.8, 4) is 5.75 Å². The van der Waals surface area contributed by atoms with Gasteiger partial charge in [0.15, 0.2) is 6.73 Å². The van der Waals surface area contributed by atoms with E-state index in [1.54, 1.807) is 23.2 Å². The molecule has 0 unspecified atom stereocenters. The molecular weight excluding hydrogens is 418 g/mol. The van der Waals surface area contributed by atoms with Crippen molar-refractivity contribution in [2.24, 2.45) is 0 Å². The summed E-state index contributed by atoms with van der Waals surface area (Å²) in [6, 6.07) is 15.7. The van der Waals surface area contributed by atoms with Gasteiger partial charge in [-0.15, -0.1) is 0 Å². The van der Waals surface area contributed by atoms with Gasteiger partial charge < -0.3 is 10.1 Å². The van der Waals surface area contributed by atoms with Crippen LogP contribution in [0.3, 0.4) is 0 Å². The van der Waals surface area contributed by atoms with Gasteiger partial charge in [0.1, 0.15) is 5.75 Å². The van der Waals surface area contributed by atoms with E-state index in [1.807, 2.05) is 36.4 Å². The topological polar surface area (TPSA) is 56.2 Å². The summed E-state index contributed by atoms with van der Waals surface area (Å²) in [5.41, 5.74) is 2.88. The van der Waals surface area contributed by atoms with E-state index in [2.05, 4.69) is 52.3 Å². The monoisotopic (exact) mass is 439 g/mol. The lowest BCUT2D eigenvalue weighted by atomic mass is 10.0. The molecule has 28 heavy (non-hydrogen) atoms. The van der Waals surface area contributed by atoms with E-state index in [0.29, 0.717) is 11.6 Å². The fraction of sp³-hybridized carbons (Fsp3) is 0.182. The standard InChI is InChI=1S/C22H22BrN3O2/c1-16(2)18-6-3-17(4-7-18)5-12-22(27)25-20-13-24-26(14-20)15-28-21-10-8-19(23)9-11-21/h3-14,16H,15H2,1-2H3,(H,25,27)/b12-5+. The molecule has 1 aromatic heterocycles. The highest BCUT2D eigenvalue weighted by Crippen LogP contribution is 2.17. The van der Waals surface area contributed by atoms with E-state index >= 15 is 0 Å². The molecule has 3 aromatic rings. The number of benzene rings is 2. The van der Waals surface area contributed by atoms with Crippen LogP contribution in [0.25, 0.3) is 6.08 Å². The first-order chi connectivity index (χ1) is 13.5. The molecule has 0 radical (unpaired) electrons. The summed E-state index contributed by atoms with van der Waals surface area (Å²) in [5.74, 6) is 1.03. The molecule has 1 amide bonds. The zero-order valence-electron chi connectivity index (χ0n) is 15.8. The highest BCUT2D eigenvalue weighted by Gasteiger charge is 2.03. The van der Waals surface area contributed by atoms with Crippen molar-refractivity contribution >= 4 is 33.6 Å².